The summed E-state index contributed by atoms with van der Waals surface area (Å²) >= 11 is 9.41. The first-order valence-electron chi connectivity index (χ1n) is 5.85. The molecular formula is C13H20BrClN2. The molecule has 2 nitrogen and oxygen atoms in total. The van der Waals surface area contributed by atoms with Crippen LogP contribution >= 0.6 is 27.5 Å². The lowest BCUT2D eigenvalue weighted by atomic mass is 10.2. The minimum absolute atomic E-state index is 0.549. The Hall–Kier alpha value is -0.0900. The van der Waals surface area contributed by atoms with Crippen LogP contribution in [0.3, 0.4) is 0 Å². The maximum absolute atomic E-state index is 5.97. The molecule has 0 aliphatic carbocycles. The zero-order valence-electron chi connectivity index (χ0n) is 10.6. The van der Waals surface area contributed by atoms with Crippen molar-refractivity contribution in [3.63, 3.8) is 0 Å². The fourth-order valence-corrected chi connectivity index (χ4v) is 2.12. The second kappa shape index (κ2) is 7.37. The molecule has 0 unspecified atom stereocenters. The van der Waals surface area contributed by atoms with Gasteiger partial charge in [-0.15, -0.1) is 0 Å². The van der Waals surface area contributed by atoms with E-state index in [1.807, 2.05) is 6.07 Å². The number of likely N-dealkylation sites (N-methyl/N-ethyl adjacent to an activating group) is 1. The number of rotatable bonds is 6. The molecule has 0 aliphatic heterocycles. The Morgan fingerprint density at radius 3 is 2.71 bits per heavy atom. The Kier molecular flexibility index (Phi) is 6.49. The van der Waals surface area contributed by atoms with Crippen LogP contribution in [0.5, 0.6) is 0 Å². The van der Waals surface area contributed by atoms with E-state index in [2.05, 4.69) is 59.2 Å². The third kappa shape index (κ3) is 5.87. The fraction of sp³-hybridized carbons (Fsp3) is 0.538. The van der Waals surface area contributed by atoms with Crippen molar-refractivity contribution in [2.75, 3.05) is 20.1 Å². The summed E-state index contributed by atoms with van der Waals surface area (Å²) in [6, 6.07) is 6.63. The van der Waals surface area contributed by atoms with Crippen molar-refractivity contribution in [2.24, 2.45) is 0 Å². The van der Waals surface area contributed by atoms with E-state index >= 15 is 0 Å². The van der Waals surface area contributed by atoms with Crippen molar-refractivity contribution < 1.29 is 0 Å². The van der Waals surface area contributed by atoms with E-state index in [-0.39, 0.29) is 0 Å². The van der Waals surface area contributed by atoms with Crippen LogP contribution in [-0.2, 0) is 6.54 Å². The maximum atomic E-state index is 5.97. The van der Waals surface area contributed by atoms with Crippen molar-refractivity contribution in [1.29, 1.82) is 0 Å². The lowest BCUT2D eigenvalue weighted by molar-refractivity contribution is 0.320. The topological polar surface area (TPSA) is 15.3 Å². The van der Waals surface area contributed by atoms with Gasteiger partial charge in [-0.25, -0.2) is 0 Å². The van der Waals surface area contributed by atoms with Gasteiger partial charge >= 0.3 is 0 Å². The predicted molar refractivity (Wildman–Crippen MR) is 78.6 cm³/mol. The molecule has 96 valence electrons. The normalized spacial score (nSPS) is 11.5. The Morgan fingerprint density at radius 1 is 1.41 bits per heavy atom. The summed E-state index contributed by atoms with van der Waals surface area (Å²) in [5.41, 5.74) is 1.27. The van der Waals surface area contributed by atoms with Crippen LogP contribution in [-0.4, -0.2) is 31.1 Å². The first-order chi connectivity index (χ1) is 7.99. The van der Waals surface area contributed by atoms with Crippen molar-refractivity contribution in [3.05, 3.63) is 33.3 Å². The van der Waals surface area contributed by atoms with Crippen molar-refractivity contribution in [1.82, 2.24) is 10.2 Å². The fourth-order valence-electron chi connectivity index (χ4n) is 1.57. The van der Waals surface area contributed by atoms with Gasteiger partial charge in [-0.05, 0) is 40.7 Å². The third-order valence-corrected chi connectivity index (χ3v) is 3.70. The molecule has 0 radical (unpaired) electrons. The van der Waals surface area contributed by atoms with Gasteiger partial charge in [0.25, 0.3) is 0 Å². The molecule has 1 rings (SSSR count). The van der Waals surface area contributed by atoms with Gasteiger partial charge in [0.15, 0.2) is 0 Å². The first-order valence-corrected chi connectivity index (χ1v) is 7.02. The molecule has 0 spiro atoms. The van der Waals surface area contributed by atoms with Gasteiger partial charge in [0.1, 0.15) is 0 Å². The van der Waals surface area contributed by atoms with E-state index in [1.54, 1.807) is 0 Å². The minimum atomic E-state index is 0.549. The smallest absolute Gasteiger partial charge is 0.0548 e. The molecule has 0 aliphatic rings. The maximum Gasteiger partial charge on any atom is 0.0548 e. The summed E-state index contributed by atoms with van der Waals surface area (Å²) < 4.78 is 0.963. The highest BCUT2D eigenvalue weighted by atomic mass is 79.9. The molecule has 0 saturated heterocycles. The number of halogens is 2. The van der Waals surface area contributed by atoms with Crippen LogP contribution in [0.2, 0.25) is 5.02 Å². The Balaban J connectivity index is 2.39. The highest BCUT2D eigenvalue weighted by Gasteiger charge is 2.03. The molecule has 17 heavy (non-hydrogen) atoms. The highest BCUT2D eigenvalue weighted by molar-refractivity contribution is 9.10. The van der Waals surface area contributed by atoms with Crippen LogP contribution < -0.4 is 5.32 Å². The number of nitrogens with one attached hydrogen (secondary N) is 1. The standard InChI is InChI=1S/C13H20BrClN2/c1-10(2)16-6-7-17(3)9-11-4-5-13(15)12(14)8-11/h4-5,8,10,16H,6-7,9H2,1-3H3. The van der Waals surface area contributed by atoms with E-state index < -0.39 is 0 Å². The lowest BCUT2D eigenvalue weighted by Gasteiger charge is -2.18. The Bertz CT molecular complexity index is 355. The molecule has 1 aromatic carbocycles. The van der Waals surface area contributed by atoms with E-state index in [4.69, 9.17) is 11.6 Å². The Labute approximate surface area is 117 Å². The van der Waals surface area contributed by atoms with Gasteiger partial charge in [-0.3, -0.25) is 0 Å². The van der Waals surface area contributed by atoms with Crippen LogP contribution in [0.1, 0.15) is 19.4 Å². The van der Waals surface area contributed by atoms with Gasteiger partial charge < -0.3 is 10.2 Å². The number of hydrogen-bond acceptors (Lipinski definition) is 2. The molecule has 1 aromatic rings. The second-order valence-electron chi connectivity index (χ2n) is 4.60. The largest absolute Gasteiger partial charge is 0.313 e. The van der Waals surface area contributed by atoms with Gasteiger partial charge in [-0.1, -0.05) is 31.5 Å². The van der Waals surface area contributed by atoms with E-state index in [9.17, 15) is 0 Å². The second-order valence-corrected chi connectivity index (χ2v) is 5.86. The van der Waals surface area contributed by atoms with Crippen molar-refractivity contribution in [2.45, 2.75) is 26.4 Å². The van der Waals surface area contributed by atoms with E-state index in [0.717, 1.165) is 29.1 Å². The van der Waals surface area contributed by atoms with Gasteiger partial charge in [0.05, 0.1) is 5.02 Å². The average Bonchev–Trinajstić information content (AvgIpc) is 2.23. The average molecular weight is 320 g/mol. The lowest BCUT2D eigenvalue weighted by Crippen LogP contribution is -2.32. The number of hydrogen-bond donors (Lipinski definition) is 1. The summed E-state index contributed by atoms with van der Waals surface area (Å²) in [5, 5.41) is 4.17. The van der Waals surface area contributed by atoms with Gasteiger partial charge in [-0.2, -0.15) is 0 Å². The third-order valence-electron chi connectivity index (χ3n) is 2.48. The van der Waals surface area contributed by atoms with Crippen LogP contribution in [0.4, 0.5) is 0 Å². The zero-order chi connectivity index (χ0) is 12.8. The summed E-state index contributed by atoms with van der Waals surface area (Å²) in [7, 11) is 2.13. The SMILES string of the molecule is CC(C)NCCN(C)Cc1ccc(Cl)c(Br)c1. The van der Waals surface area contributed by atoms with E-state index in [1.165, 1.54) is 5.56 Å². The van der Waals surface area contributed by atoms with Gasteiger partial charge in [0, 0.05) is 30.1 Å². The molecule has 4 heteroatoms. The molecule has 0 aromatic heterocycles. The highest BCUT2D eigenvalue weighted by Crippen LogP contribution is 2.23. The quantitative estimate of drug-likeness (QED) is 0.863. The van der Waals surface area contributed by atoms with Crippen LogP contribution in [0.25, 0.3) is 0 Å². The van der Waals surface area contributed by atoms with Crippen molar-refractivity contribution in [3.8, 4) is 0 Å². The van der Waals surface area contributed by atoms with Gasteiger partial charge in [0.2, 0.25) is 0 Å². The monoisotopic (exact) mass is 318 g/mol. The molecule has 0 bridgehead atoms. The van der Waals surface area contributed by atoms with E-state index in [0.29, 0.717) is 6.04 Å². The molecule has 1 N–H and O–H groups in total. The summed E-state index contributed by atoms with van der Waals surface area (Å²) in [6.07, 6.45) is 0. The molecule has 0 fully saturated rings. The summed E-state index contributed by atoms with van der Waals surface area (Å²) in [5.74, 6) is 0. The number of nitrogens with zero attached hydrogens (tertiary/aromatic N) is 1. The molecule has 0 amide bonds. The summed E-state index contributed by atoms with van der Waals surface area (Å²) in [4.78, 5) is 2.30. The molecule has 0 saturated carbocycles. The minimum Gasteiger partial charge on any atom is -0.313 e. The van der Waals surface area contributed by atoms with Crippen LogP contribution in [0.15, 0.2) is 22.7 Å². The Morgan fingerprint density at radius 2 is 2.12 bits per heavy atom. The predicted octanol–water partition coefficient (Wildman–Crippen LogP) is 3.53. The molecular weight excluding hydrogens is 300 g/mol. The number of benzene rings is 1. The molecule has 0 atom stereocenters. The summed E-state index contributed by atoms with van der Waals surface area (Å²) in [6.45, 7) is 7.32. The first kappa shape index (κ1) is 15.0. The molecule has 0 heterocycles. The zero-order valence-corrected chi connectivity index (χ0v) is 13.0. The van der Waals surface area contributed by atoms with Crippen LogP contribution in [0, 0.1) is 0 Å². The van der Waals surface area contributed by atoms with Crippen molar-refractivity contribution >= 4 is 27.5 Å².